The van der Waals surface area contributed by atoms with Crippen LogP contribution in [0.4, 0.5) is 25.8 Å². The molecule has 8 heteroatoms. The molecule has 0 saturated heterocycles. The first kappa shape index (κ1) is 19.1. The van der Waals surface area contributed by atoms with Gasteiger partial charge in [0.05, 0.1) is 17.1 Å². The Morgan fingerprint density at radius 2 is 1.93 bits per heavy atom. The molecule has 150 valence electrons. The summed E-state index contributed by atoms with van der Waals surface area (Å²) >= 11 is 0. The van der Waals surface area contributed by atoms with Gasteiger partial charge in [-0.2, -0.15) is 0 Å². The molecule has 4 rings (SSSR count). The lowest BCUT2D eigenvalue weighted by Crippen LogP contribution is -2.42. The second-order valence-corrected chi connectivity index (χ2v) is 6.85. The van der Waals surface area contributed by atoms with E-state index in [2.05, 4.69) is 10.6 Å². The van der Waals surface area contributed by atoms with E-state index in [1.807, 2.05) is 4.90 Å². The summed E-state index contributed by atoms with van der Waals surface area (Å²) in [5.74, 6) is -1.58. The van der Waals surface area contributed by atoms with Gasteiger partial charge in [0.2, 0.25) is 0 Å². The molecule has 29 heavy (non-hydrogen) atoms. The first-order chi connectivity index (χ1) is 14.0. The van der Waals surface area contributed by atoms with Crippen LogP contribution in [0.5, 0.6) is 0 Å². The fraction of sp³-hybridized carbons (Fsp3) is 0.238. The van der Waals surface area contributed by atoms with Crippen molar-refractivity contribution in [3.8, 4) is 0 Å². The van der Waals surface area contributed by atoms with Crippen molar-refractivity contribution in [2.75, 3.05) is 41.8 Å². The summed E-state index contributed by atoms with van der Waals surface area (Å²) in [5.41, 5.74) is 1.29. The summed E-state index contributed by atoms with van der Waals surface area (Å²) in [7, 11) is 1.78. The van der Waals surface area contributed by atoms with Gasteiger partial charge in [-0.3, -0.25) is 9.59 Å². The van der Waals surface area contributed by atoms with Crippen LogP contribution in [-0.4, -0.2) is 38.4 Å². The number of para-hydroxylation sites is 1. The van der Waals surface area contributed by atoms with E-state index in [0.717, 1.165) is 5.69 Å². The molecular formula is C21H20F2N4O2. The zero-order chi connectivity index (χ0) is 20.5. The zero-order valence-corrected chi connectivity index (χ0v) is 15.8. The maximum Gasteiger partial charge on any atom is 0.263 e. The highest BCUT2D eigenvalue weighted by atomic mass is 19.1. The second-order valence-electron chi connectivity index (χ2n) is 6.85. The average Bonchev–Trinajstić information content (AvgIpc) is 3.00. The van der Waals surface area contributed by atoms with Crippen LogP contribution in [0, 0.1) is 11.6 Å². The van der Waals surface area contributed by atoms with Gasteiger partial charge in [-0.25, -0.2) is 8.78 Å². The summed E-state index contributed by atoms with van der Waals surface area (Å²) in [6.07, 6.45) is 0.139. The van der Waals surface area contributed by atoms with Gasteiger partial charge in [-0.1, -0.05) is 12.1 Å². The molecule has 0 aliphatic carbocycles. The average molecular weight is 398 g/mol. The molecule has 2 aromatic rings. The molecule has 2 aliphatic rings. The highest BCUT2D eigenvalue weighted by Crippen LogP contribution is 2.44. The Bertz CT molecular complexity index is 1020. The van der Waals surface area contributed by atoms with E-state index in [1.54, 1.807) is 24.1 Å². The number of anilines is 3. The molecule has 2 aliphatic heterocycles. The van der Waals surface area contributed by atoms with Crippen LogP contribution in [0.3, 0.4) is 0 Å². The third-order valence-electron chi connectivity index (χ3n) is 5.03. The second kappa shape index (κ2) is 7.63. The van der Waals surface area contributed by atoms with Crippen molar-refractivity contribution in [1.29, 1.82) is 0 Å². The van der Waals surface area contributed by atoms with Gasteiger partial charge in [-0.15, -0.1) is 0 Å². The van der Waals surface area contributed by atoms with E-state index in [0.29, 0.717) is 31.1 Å². The summed E-state index contributed by atoms with van der Waals surface area (Å²) in [5, 5.41) is 5.53. The lowest BCUT2D eigenvalue weighted by molar-refractivity contribution is -0.120. The molecule has 0 radical (unpaired) electrons. The number of amides is 1. The van der Waals surface area contributed by atoms with Crippen molar-refractivity contribution >= 4 is 28.8 Å². The Labute approximate surface area is 166 Å². The van der Waals surface area contributed by atoms with Gasteiger partial charge in [-0.05, 0) is 37.4 Å². The van der Waals surface area contributed by atoms with Gasteiger partial charge in [0.1, 0.15) is 23.0 Å². The molecule has 2 aromatic carbocycles. The van der Waals surface area contributed by atoms with Gasteiger partial charge in [0.15, 0.2) is 5.78 Å². The third-order valence-corrected chi connectivity index (χ3v) is 5.03. The highest BCUT2D eigenvalue weighted by Gasteiger charge is 2.41. The Morgan fingerprint density at radius 1 is 1.14 bits per heavy atom. The summed E-state index contributed by atoms with van der Waals surface area (Å²) in [6, 6.07) is 10.2. The van der Waals surface area contributed by atoms with Gasteiger partial charge < -0.3 is 20.4 Å². The number of carbonyl (C=O) groups excluding carboxylic acids is 2. The van der Waals surface area contributed by atoms with Crippen LogP contribution in [0.1, 0.15) is 6.42 Å². The molecule has 0 unspecified atom stereocenters. The predicted octanol–water partition coefficient (Wildman–Crippen LogP) is 2.63. The number of ketones is 1. The monoisotopic (exact) mass is 398 g/mol. The van der Waals surface area contributed by atoms with E-state index >= 15 is 0 Å². The molecule has 1 amide bonds. The Balaban J connectivity index is 1.80. The standard InChI is InChI=1S/C21H20F2N4O2/c1-24-9-11-27-17-12-13(22)6-7-16(17)26-10-8-18(28)19(21(26)27)20(29)25-15-5-3-2-4-14(15)23/h2-7,12,24H,8-11H2,1H3,(H,25,29). The third kappa shape index (κ3) is 3.36. The summed E-state index contributed by atoms with van der Waals surface area (Å²) in [4.78, 5) is 29.4. The number of nitrogens with one attached hydrogen (secondary N) is 2. The summed E-state index contributed by atoms with van der Waals surface area (Å²) < 4.78 is 27.9. The number of hydrogen-bond acceptors (Lipinski definition) is 5. The number of fused-ring (bicyclic) bond motifs is 3. The molecule has 0 spiro atoms. The molecular weight excluding hydrogens is 378 g/mol. The first-order valence-corrected chi connectivity index (χ1v) is 9.34. The molecule has 0 saturated carbocycles. The molecule has 0 fully saturated rings. The predicted molar refractivity (Wildman–Crippen MR) is 107 cm³/mol. The molecule has 6 nitrogen and oxygen atoms in total. The summed E-state index contributed by atoms with van der Waals surface area (Å²) in [6.45, 7) is 1.38. The fourth-order valence-electron chi connectivity index (χ4n) is 3.70. The van der Waals surface area contributed by atoms with Crippen molar-refractivity contribution in [3.63, 3.8) is 0 Å². The number of halogens is 2. The van der Waals surface area contributed by atoms with Gasteiger partial charge >= 0.3 is 0 Å². The van der Waals surface area contributed by atoms with Crippen LogP contribution < -0.4 is 20.4 Å². The maximum atomic E-state index is 14.0. The number of nitrogens with zero attached hydrogens (tertiary/aromatic N) is 2. The van der Waals surface area contributed by atoms with Crippen molar-refractivity contribution < 1.29 is 18.4 Å². The number of likely N-dealkylation sites (N-methyl/N-ethyl adjacent to an activating group) is 1. The molecule has 0 bridgehead atoms. The molecule has 2 N–H and O–H groups in total. The van der Waals surface area contributed by atoms with E-state index in [9.17, 15) is 18.4 Å². The highest BCUT2D eigenvalue weighted by molar-refractivity contribution is 6.25. The number of hydrogen-bond donors (Lipinski definition) is 2. The first-order valence-electron chi connectivity index (χ1n) is 9.34. The SMILES string of the molecule is CNCCN1C2=C(C(=O)Nc3ccccc3F)C(=O)CCN2c2ccc(F)cc21. The van der Waals surface area contributed by atoms with Crippen LogP contribution in [0.2, 0.25) is 0 Å². The minimum Gasteiger partial charge on any atom is -0.325 e. The largest absolute Gasteiger partial charge is 0.325 e. The van der Waals surface area contributed by atoms with Crippen molar-refractivity contribution in [1.82, 2.24) is 5.32 Å². The van der Waals surface area contributed by atoms with E-state index in [4.69, 9.17) is 0 Å². The normalized spacial score (nSPS) is 15.5. The number of Topliss-reactive ketones (excluding diaryl/α,β-unsaturated/α-hetero) is 1. The molecule has 2 heterocycles. The van der Waals surface area contributed by atoms with E-state index in [-0.39, 0.29) is 23.5 Å². The minimum absolute atomic E-state index is 0.00106. The van der Waals surface area contributed by atoms with Crippen molar-refractivity contribution in [2.24, 2.45) is 0 Å². The Morgan fingerprint density at radius 3 is 2.69 bits per heavy atom. The number of carbonyl (C=O) groups is 2. The van der Waals surface area contributed by atoms with Gasteiger partial charge in [0.25, 0.3) is 5.91 Å². The Kier molecular flexibility index (Phi) is 5.02. The fourth-order valence-corrected chi connectivity index (χ4v) is 3.70. The van der Waals surface area contributed by atoms with Gasteiger partial charge in [0, 0.05) is 26.1 Å². The van der Waals surface area contributed by atoms with E-state index in [1.165, 1.54) is 30.3 Å². The smallest absolute Gasteiger partial charge is 0.263 e. The minimum atomic E-state index is -0.678. The van der Waals surface area contributed by atoms with Crippen molar-refractivity contribution in [3.05, 3.63) is 65.5 Å². The van der Waals surface area contributed by atoms with Crippen LogP contribution in [0.15, 0.2) is 53.9 Å². The quantitative estimate of drug-likeness (QED) is 0.759. The maximum absolute atomic E-state index is 14.0. The van der Waals surface area contributed by atoms with Crippen LogP contribution in [0.25, 0.3) is 0 Å². The van der Waals surface area contributed by atoms with E-state index < -0.39 is 17.5 Å². The van der Waals surface area contributed by atoms with Crippen LogP contribution >= 0.6 is 0 Å². The molecule has 0 aromatic heterocycles. The molecule has 0 atom stereocenters. The lowest BCUT2D eigenvalue weighted by Gasteiger charge is -2.31. The topological polar surface area (TPSA) is 64.7 Å². The number of benzene rings is 2. The number of rotatable bonds is 5. The Hall–Kier alpha value is -3.26. The lowest BCUT2D eigenvalue weighted by atomic mass is 10.0. The van der Waals surface area contributed by atoms with Crippen LogP contribution in [-0.2, 0) is 9.59 Å². The van der Waals surface area contributed by atoms with Crippen molar-refractivity contribution in [2.45, 2.75) is 6.42 Å². The zero-order valence-electron chi connectivity index (χ0n) is 15.8.